The van der Waals surface area contributed by atoms with Gasteiger partial charge in [0.05, 0.1) is 17.9 Å². The Morgan fingerprint density at radius 1 is 1.50 bits per heavy atom. The van der Waals surface area contributed by atoms with Crippen LogP contribution in [0.1, 0.15) is 10.4 Å². The number of carboxylic acid groups (broad SMARTS) is 1. The van der Waals surface area contributed by atoms with E-state index in [2.05, 4.69) is 10.3 Å². The van der Waals surface area contributed by atoms with Crippen molar-refractivity contribution >= 4 is 23.5 Å². The molecule has 2 fully saturated rings. The van der Waals surface area contributed by atoms with Gasteiger partial charge in [-0.3, -0.25) is 0 Å². The molecule has 1 aromatic rings. The standard InChI is InChI=1S/C12H15N5O3/c13-7-3-9(11(18)19)10(14-4-7)16-1-2-17-8(6-16)5-15-12(17)20/h3-4,8H,1-2,5-6,13H2,(H,15,20)(H,18,19). The maximum absolute atomic E-state index is 11.5. The Bertz CT molecular complexity index is 576. The minimum Gasteiger partial charge on any atom is -0.478 e. The number of rotatable bonds is 2. The molecule has 20 heavy (non-hydrogen) atoms. The number of amides is 2. The average molecular weight is 277 g/mol. The summed E-state index contributed by atoms with van der Waals surface area (Å²) in [6.45, 7) is 2.26. The summed E-state index contributed by atoms with van der Waals surface area (Å²) < 4.78 is 0. The molecule has 2 aliphatic heterocycles. The number of nitrogens with two attached hydrogens (primary N) is 1. The Kier molecular flexibility index (Phi) is 2.85. The molecule has 0 aliphatic carbocycles. The molecule has 1 atom stereocenters. The van der Waals surface area contributed by atoms with Crippen LogP contribution in [0.15, 0.2) is 12.3 Å². The second kappa shape index (κ2) is 4.55. The Morgan fingerprint density at radius 2 is 2.30 bits per heavy atom. The van der Waals surface area contributed by atoms with E-state index in [1.54, 1.807) is 4.90 Å². The molecule has 0 aromatic carbocycles. The van der Waals surface area contributed by atoms with Crippen LogP contribution >= 0.6 is 0 Å². The summed E-state index contributed by atoms with van der Waals surface area (Å²) in [6.07, 6.45) is 1.45. The van der Waals surface area contributed by atoms with Crippen molar-refractivity contribution in [2.75, 3.05) is 36.8 Å². The monoisotopic (exact) mass is 277 g/mol. The van der Waals surface area contributed by atoms with E-state index < -0.39 is 5.97 Å². The molecular formula is C12H15N5O3. The van der Waals surface area contributed by atoms with Gasteiger partial charge in [-0.2, -0.15) is 0 Å². The third-order valence-corrected chi connectivity index (χ3v) is 3.65. The van der Waals surface area contributed by atoms with Crippen LogP contribution in [0.4, 0.5) is 16.3 Å². The summed E-state index contributed by atoms with van der Waals surface area (Å²) >= 11 is 0. The van der Waals surface area contributed by atoms with Gasteiger partial charge in [-0.05, 0) is 6.07 Å². The number of nitrogens with one attached hydrogen (secondary N) is 1. The molecule has 0 bridgehead atoms. The first-order valence-corrected chi connectivity index (χ1v) is 6.34. The third kappa shape index (κ3) is 1.98. The van der Waals surface area contributed by atoms with Crippen molar-refractivity contribution in [1.82, 2.24) is 15.2 Å². The highest BCUT2D eigenvalue weighted by Gasteiger charge is 2.36. The normalized spacial score (nSPS) is 21.6. The van der Waals surface area contributed by atoms with Gasteiger partial charge >= 0.3 is 12.0 Å². The first-order valence-electron chi connectivity index (χ1n) is 6.34. The zero-order chi connectivity index (χ0) is 14.3. The Labute approximate surface area is 115 Å². The van der Waals surface area contributed by atoms with Gasteiger partial charge in [0.2, 0.25) is 0 Å². The molecule has 106 valence electrons. The minimum absolute atomic E-state index is 0.0530. The lowest BCUT2D eigenvalue weighted by Crippen LogP contribution is -2.52. The van der Waals surface area contributed by atoms with Crippen LogP contribution in [0.25, 0.3) is 0 Å². The predicted octanol–water partition coefficient (Wildman–Crippen LogP) is -0.424. The van der Waals surface area contributed by atoms with E-state index in [9.17, 15) is 14.7 Å². The second-order valence-corrected chi connectivity index (χ2v) is 4.92. The molecule has 8 nitrogen and oxygen atoms in total. The largest absolute Gasteiger partial charge is 0.478 e. The van der Waals surface area contributed by atoms with E-state index in [-0.39, 0.29) is 17.6 Å². The Balaban J connectivity index is 1.87. The number of piperazine rings is 1. The van der Waals surface area contributed by atoms with Crippen molar-refractivity contribution in [3.05, 3.63) is 17.8 Å². The number of nitrogen functional groups attached to an aromatic ring is 1. The summed E-state index contributed by atoms with van der Waals surface area (Å²) in [6, 6.07) is 1.41. The van der Waals surface area contributed by atoms with Crippen molar-refractivity contribution in [2.24, 2.45) is 0 Å². The molecule has 2 aliphatic rings. The van der Waals surface area contributed by atoms with Crippen LogP contribution in [0, 0.1) is 0 Å². The number of carbonyl (C=O) groups is 2. The van der Waals surface area contributed by atoms with Gasteiger partial charge in [-0.1, -0.05) is 0 Å². The summed E-state index contributed by atoms with van der Waals surface area (Å²) in [7, 11) is 0. The third-order valence-electron chi connectivity index (χ3n) is 3.65. The van der Waals surface area contributed by atoms with Gasteiger partial charge in [-0.25, -0.2) is 14.6 Å². The van der Waals surface area contributed by atoms with Gasteiger partial charge < -0.3 is 26.0 Å². The fourth-order valence-electron chi connectivity index (χ4n) is 2.68. The lowest BCUT2D eigenvalue weighted by Gasteiger charge is -2.37. The van der Waals surface area contributed by atoms with E-state index in [0.717, 1.165) is 0 Å². The molecule has 8 heteroatoms. The van der Waals surface area contributed by atoms with Crippen molar-refractivity contribution in [3.63, 3.8) is 0 Å². The van der Waals surface area contributed by atoms with Crippen LogP contribution in [-0.4, -0.2) is 59.2 Å². The zero-order valence-electron chi connectivity index (χ0n) is 10.7. The molecule has 0 spiro atoms. The van der Waals surface area contributed by atoms with Gasteiger partial charge in [0.1, 0.15) is 11.4 Å². The molecule has 3 heterocycles. The molecule has 2 saturated heterocycles. The highest BCUT2D eigenvalue weighted by Crippen LogP contribution is 2.24. The quantitative estimate of drug-likeness (QED) is 0.676. The van der Waals surface area contributed by atoms with E-state index in [1.165, 1.54) is 12.3 Å². The van der Waals surface area contributed by atoms with Gasteiger partial charge in [0.25, 0.3) is 0 Å². The zero-order valence-corrected chi connectivity index (χ0v) is 10.7. The summed E-state index contributed by atoms with van der Waals surface area (Å²) in [5.74, 6) is -0.645. The number of urea groups is 1. The van der Waals surface area contributed by atoms with Crippen molar-refractivity contribution in [1.29, 1.82) is 0 Å². The summed E-state index contributed by atoms with van der Waals surface area (Å²) in [5, 5.41) is 12.0. The topological polar surface area (TPSA) is 112 Å². The molecule has 4 N–H and O–H groups in total. The first-order chi connectivity index (χ1) is 9.56. The molecule has 1 unspecified atom stereocenters. The fraction of sp³-hybridized carbons (Fsp3) is 0.417. The number of anilines is 2. The van der Waals surface area contributed by atoms with Crippen LogP contribution < -0.4 is 16.0 Å². The number of aromatic carboxylic acids is 1. The van der Waals surface area contributed by atoms with Gasteiger partial charge in [-0.15, -0.1) is 0 Å². The Morgan fingerprint density at radius 3 is 3.05 bits per heavy atom. The number of carboxylic acids is 1. The molecule has 0 saturated carbocycles. The van der Waals surface area contributed by atoms with E-state index >= 15 is 0 Å². The average Bonchev–Trinajstić information content (AvgIpc) is 2.80. The minimum atomic E-state index is -1.05. The molecular weight excluding hydrogens is 262 g/mol. The molecule has 3 rings (SSSR count). The van der Waals surface area contributed by atoms with E-state index in [0.29, 0.717) is 37.7 Å². The number of aromatic nitrogens is 1. The predicted molar refractivity (Wildman–Crippen MR) is 71.7 cm³/mol. The van der Waals surface area contributed by atoms with Crippen LogP contribution in [0.3, 0.4) is 0 Å². The SMILES string of the molecule is Nc1cnc(N2CCN3C(=O)NCC3C2)c(C(=O)O)c1. The number of pyridine rings is 1. The van der Waals surface area contributed by atoms with Gasteiger partial charge in [0, 0.05) is 26.2 Å². The van der Waals surface area contributed by atoms with Crippen LogP contribution in [0.2, 0.25) is 0 Å². The molecule has 0 radical (unpaired) electrons. The molecule has 1 aromatic heterocycles. The summed E-state index contributed by atoms with van der Waals surface area (Å²) in [4.78, 5) is 30.7. The van der Waals surface area contributed by atoms with Crippen molar-refractivity contribution in [2.45, 2.75) is 6.04 Å². The van der Waals surface area contributed by atoms with Crippen LogP contribution in [0.5, 0.6) is 0 Å². The maximum atomic E-state index is 11.5. The number of nitrogens with zero attached hydrogens (tertiary/aromatic N) is 3. The number of carbonyl (C=O) groups excluding carboxylic acids is 1. The van der Waals surface area contributed by atoms with Crippen molar-refractivity contribution in [3.8, 4) is 0 Å². The number of fused-ring (bicyclic) bond motifs is 1. The number of hydrogen-bond acceptors (Lipinski definition) is 5. The Hall–Kier alpha value is -2.51. The first kappa shape index (κ1) is 12.5. The number of hydrogen-bond donors (Lipinski definition) is 3. The fourth-order valence-corrected chi connectivity index (χ4v) is 2.68. The van der Waals surface area contributed by atoms with E-state index in [4.69, 9.17) is 5.73 Å². The second-order valence-electron chi connectivity index (χ2n) is 4.92. The van der Waals surface area contributed by atoms with Gasteiger partial charge in [0.15, 0.2) is 0 Å². The molecule has 2 amide bonds. The highest BCUT2D eigenvalue weighted by atomic mass is 16.4. The van der Waals surface area contributed by atoms with Crippen molar-refractivity contribution < 1.29 is 14.7 Å². The highest BCUT2D eigenvalue weighted by molar-refractivity contribution is 5.94. The lowest BCUT2D eigenvalue weighted by atomic mass is 10.1. The maximum Gasteiger partial charge on any atom is 0.339 e. The van der Waals surface area contributed by atoms with Crippen LogP contribution in [-0.2, 0) is 0 Å². The lowest BCUT2D eigenvalue weighted by molar-refractivity contribution is 0.0696. The smallest absolute Gasteiger partial charge is 0.339 e. The van der Waals surface area contributed by atoms with E-state index in [1.807, 2.05) is 4.90 Å². The summed E-state index contributed by atoms with van der Waals surface area (Å²) in [5.41, 5.74) is 6.01.